The first-order valence-corrected chi connectivity index (χ1v) is 16.2. The largest absolute Gasteiger partial charge is 0.459 e. The van der Waals surface area contributed by atoms with Crippen molar-refractivity contribution in [3.63, 3.8) is 0 Å². The van der Waals surface area contributed by atoms with E-state index in [1.165, 1.54) is 0 Å². The fourth-order valence-electron chi connectivity index (χ4n) is 3.29. The Morgan fingerprint density at radius 3 is 2.12 bits per heavy atom. The lowest BCUT2D eigenvalue weighted by atomic mass is 10.2. The summed E-state index contributed by atoms with van der Waals surface area (Å²) < 4.78 is 43.7. The van der Waals surface area contributed by atoms with Gasteiger partial charge in [-0.3, -0.25) is 4.57 Å². The molecule has 0 spiro atoms. The number of hydrogen-bond donors (Lipinski definition) is 0. The van der Waals surface area contributed by atoms with Gasteiger partial charge in [0.2, 0.25) is 0 Å². The van der Waals surface area contributed by atoms with E-state index in [4.69, 9.17) is 22.9 Å². The highest BCUT2D eigenvalue weighted by Crippen LogP contribution is 2.59. The van der Waals surface area contributed by atoms with Gasteiger partial charge < -0.3 is 22.9 Å². The lowest BCUT2D eigenvalue weighted by Crippen LogP contribution is -2.46. The van der Waals surface area contributed by atoms with Crippen LogP contribution in [0.4, 0.5) is 0 Å². The molecule has 188 valence electrons. The van der Waals surface area contributed by atoms with Crippen molar-refractivity contribution in [3.05, 3.63) is 35.9 Å². The highest BCUT2D eigenvalue weighted by atomic mass is 31.2. The minimum absolute atomic E-state index is 0.00707. The van der Waals surface area contributed by atoms with Gasteiger partial charge in [0.25, 0.3) is 0 Å². The number of hydrogen-bond acceptors (Lipinski definition) is 7. The number of esters is 1. The van der Waals surface area contributed by atoms with E-state index in [0.29, 0.717) is 12.0 Å². The summed E-state index contributed by atoms with van der Waals surface area (Å²) in [6.07, 6.45) is -1.21. The van der Waals surface area contributed by atoms with E-state index >= 15 is 0 Å². The van der Waals surface area contributed by atoms with Crippen molar-refractivity contribution in [2.75, 3.05) is 6.61 Å². The lowest BCUT2D eigenvalue weighted by molar-refractivity contribution is -0.0242. The Morgan fingerprint density at radius 1 is 1.09 bits per heavy atom. The highest BCUT2D eigenvalue weighted by molar-refractivity contribution is 7.54. The summed E-state index contributed by atoms with van der Waals surface area (Å²) in [7, 11) is -5.77. The molecule has 0 saturated carbocycles. The molecule has 9 heteroatoms. The maximum Gasteiger partial charge on any atom is 0.359 e. The van der Waals surface area contributed by atoms with Crippen molar-refractivity contribution < 1.29 is 32.3 Å². The number of ether oxygens (including phenoxy) is 2. The Hall–Kier alpha value is -1.02. The molecule has 1 aliphatic rings. The van der Waals surface area contributed by atoms with Gasteiger partial charge in [-0.2, -0.15) is 0 Å². The van der Waals surface area contributed by atoms with Crippen LogP contribution < -0.4 is 0 Å². The Balaban J connectivity index is 2.25. The first-order valence-electron chi connectivity index (χ1n) is 11.7. The van der Waals surface area contributed by atoms with Gasteiger partial charge in [0.05, 0.1) is 23.9 Å². The minimum Gasteiger partial charge on any atom is -0.459 e. The number of carbonyl (C=O) groups excluding carboxylic acids is 1. The normalized spacial score (nSPS) is 22.2. The topological polar surface area (TPSA) is 80.3 Å². The summed E-state index contributed by atoms with van der Waals surface area (Å²) in [5.74, 6) is -1.23. The Labute approximate surface area is 200 Å². The van der Waals surface area contributed by atoms with Crippen LogP contribution in [0.25, 0.3) is 0 Å². The molecule has 0 unspecified atom stereocenters. The zero-order chi connectivity index (χ0) is 25.0. The second-order valence-electron chi connectivity index (χ2n) is 10.6. The number of benzene rings is 1. The van der Waals surface area contributed by atoms with Crippen LogP contribution in [0.15, 0.2) is 30.3 Å². The van der Waals surface area contributed by atoms with Crippen LogP contribution in [-0.4, -0.2) is 51.2 Å². The van der Waals surface area contributed by atoms with E-state index in [2.05, 4.69) is 33.9 Å². The highest BCUT2D eigenvalue weighted by Gasteiger charge is 2.51. The van der Waals surface area contributed by atoms with Crippen LogP contribution in [-0.2, 0) is 27.5 Å². The van der Waals surface area contributed by atoms with Crippen molar-refractivity contribution in [2.24, 2.45) is 0 Å². The van der Waals surface area contributed by atoms with Gasteiger partial charge in [-0.25, -0.2) is 4.79 Å². The first-order chi connectivity index (χ1) is 15.1. The van der Waals surface area contributed by atoms with Crippen LogP contribution >= 0.6 is 7.60 Å². The summed E-state index contributed by atoms with van der Waals surface area (Å²) in [6, 6.07) is 8.80. The minimum atomic E-state index is -3.59. The molecular formula is C24H41O7PSi. The Kier molecular flexibility index (Phi) is 9.53. The van der Waals surface area contributed by atoms with Crippen LogP contribution in [0.2, 0.25) is 18.1 Å². The third-order valence-electron chi connectivity index (χ3n) is 5.89. The van der Waals surface area contributed by atoms with E-state index < -0.39 is 33.8 Å². The molecule has 7 nitrogen and oxygen atoms in total. The molecule has 0 aliphatic carbocycles. The third kappa shape index (κ3) is 7.74. The van der Waals surface area contributed by atoms with Gasteiger partial charge in [-0.05, 0) is 58.0 Å². The summed E-state index contributed by atoms with van der Waals surface area (Å²) >= 11 is 0. The monoisotopic (exact) mass is 500 g/mol. The molecule has 1 fully saturated rings. The molecule has 0 aromatic heterocycles. The number of rotatable bonds is 10. The summed E-state index contributed by atoms with van der Waals surface area (Å²) in [6.45, 7) is 18.0. The smallest absolute Gasteiger partial charge is 0.359 e. The molecule has 33 heavy (non-hydrogen) atoms. The van der Waals surface area contributed by atoms with Crippen LogP contribution in [0.3, 0.4) is 0 Å². The van der Waals surface area contributed by atoms with E-state index in [0.717, 1.165) is 0 Å². The maximum atomic E-state index is 13.7. The first kappa shape index (κ1) is 28.2. The standard InChI is InChI=1S/C24H41O7PSi/c1-17(2)29-32(26,30-18(3)4)22-15-20(31-33(8,9)24(5,6)7)21(28-22)16-27-23(25)19-13-11-10-12-14-19/h10-14,17-18,20-22H,15-16H2,1-9H3/t20-,21+,22-/m0/s1. The van der Waals surface area contributed by atoms with Crippen molar-refractivity contribution >= 4 is 21.9 Å². The van der Waals surface area contributed by atoms with Crippen LogP contribution in [0.1, 0.15) is 65.2 Å². The van der Waals surface area contributed by atoms with Crippen molar-refractivity contribution in [1.29, 1.82) is 0 Å². The zero-order valence-electron chi connectivity index (χ0n) is 21.5. The predicted molar refractivity (Wildman–Crippen MR) is 132 cm³/mol. The predicted octanol–water partition coefficient (Wildman–Crippen LogP) is 6.39. The molecule has 0 N–H and O–H groups in total. The fourth-order valence-corrected chi connectivity index (χ4v) is 6.92. The molecule has 1 aliphatic heterocycles. The molecule has 1 saturated heterocycles. The fraction of sp³-hybridized carbons (Fsp3) is 0.708. The lowest BCUT2D eigenvalue weighted by Gasteiger charge is -2.39. The van der Waals surface area contributed by atoms with Gasteiger partial charge >= 0.3 is 13.6 Å². The molecule has 1 aromatic rings. The summed E-state index contributed by atoms with van der Waals surface area (Å²) in [5, 5.41) is -0.0249. The van der Waals surface area contributed by atoms with Gasteiger partial charge in [0, 0.05) is 6.42 Å². The van der Waals surface area contributed by atoms with Crippen LogP contribution in [0.5, 0.6) is 0 Å². The molecule has 3 atom stereocenters. The molecule has 0 amide bonds. The van der Waals surface area contributed by atoms with Crippen molar-refractivity contribution in [3.8, 4) is 0 Å². The van der Waals surface area contributed by atoms with E-state index in [1.54, 1.807) is 24.3 Å². The SMILES string of the molecule is CC(C)OP(=O)(OC(C)C)[C@H]1C[C@H](O[Si](C)(C)C(C)(C)C)[C@@H](COC(=O)c2ccccc2)O1. The quantitative estimate of drug-likeness (QED) is 0.209. The van der Waals surface area contributed by atoms with Crippen molar-refractivity contribution in [1.82, 2.24) is 0 Å². The number of carbonyl (C=O) groups is 1. The molecule has 2 rings (SSSR count). The third-order valence-corrected chi connectivity index (χ3v) is 12.9. The summed E-state index contributed by atoms with van der Waals surface area (Å²) in [4.78, 5) is 12.5. The van der Waals surface area contributed by atoms with E-state index in [1.807, 2.05) is 33.8 Å². The Morgan fingerprint density at radius 2 is 1.64 bits per heavy atom. The average Bonchev–Trinajstić information content (AvgIpc) is 3.07. The molecule has 1 aromatic carbocycles. The Bertz CT molecular complexity index is 806. The average molecular weight is 501 g/mol. The molecule has 1 heterocycles. The van der Waals surface area contributed by atoms with E-state index in [-0.39, 0.29) is 30.0 Å². The second kappa shape index (κ2) is 11.1. The second-order valence-corrected chi connectivity index (χ2v) is 17.4. The molecular weight excluding hydrogens is 459 g/mol. The molecule has 0 bridgehead atoms. The van der Waals surface area contributed by atoms with Gasteiger partial charge in [0.1, 0.15) is 12.7 Å². The van der Waals surface area contributed by atoms with E-state index in [9.17, 15) is 9.36 Å². The van der Waals surface area contributed by atoms with Crippen molar-refractivity contribution in [2.45, 2.75) is 103 Å². The van der Waals surface area contributed by atoms with Crippen LogP contribution in [0, 0.1) is 0 Å². The summed E-state index contributed by atoms with van der Waals surface area (Å²) in [5.41, 5.74) is 0.464. The maximum absolute atomic E-state index is 13.7. The van der Waals surface area contributed by atoms with Gasteiger partial charge in [-0.15, -0.1) is 0 Å². The zero-order valence-corrected chi connectivity index (χ0v) is 23.4. The van der Waals surface area contributed by atoms with Gasteiger partial charge in [0.15, 0.2) is 14.2 Å². The van der Waals surface area contributed by atoms with Gasteiger partial charge in [-0.1, -0.05) is 39.0 Å². The molecule has 0 radical (unpaired) electrons.